The molecule has 0 aliphatic heterocycles. The highest BCUT2D eigenvalue weighted by Gasteiger charge is 2.25. The minimum Gasteiger partial charge on any atom is -0.331 e. The Morgan fingerprint density at radius 1 is 1.26 bits per heavy atom. The summed E-state index contributed by atoms with van der Waals surface area (Å²) < 4.78 is 2.16. The number of hydrogen-bond donors (Lipinski definition) is 1. The number of aromatic nitrogens is 3. The number of nitrogens with zero attached hydrogens (tertiary/aromatic N) is 4. The predicted molar refractivity (Wildman–Crippen MR) is 92.3 cm³/mol. The van der Waals surface area contributed by atoms with Gasteiger partial charge < -0.3 is 4.90 Å². The van der Waals surface area contributed by atoms with Crippen molar-refractivity contribution in [3.8, 4) is 6.07 Å². The fourth-order valence-electron chi connectivity index (χ4n) is 2.59. The summed E-state index contributed by atoms with van der Waals surface area (Å²) in [5.41, 5.74) is 1.21. The third kappa shape index (κ3) is 4.34. The van der Waals surface area contributed by atoms with E-state index < -0.39 is 0 Å². The summed E-state index contributed by atoms with van der Waals surface area (Å²) in [5.74, 6) is 0.990. The van der Waals surface area contributed by atoms with Gasteiger partial charge in [0.2, 0.25) is 0 Å². The van der Waals surface area contributed by atoms with Crippen LogP contribution < -0.4 is 4.90 Å². The van der Waals surface area contributed by atoms with Gasteiger partial charge in [-0.25, -0.2) is 0 Å². The molecule has 23 heavy (non-hydrogen) atoms. The fraction of sp³-hybridized carbons (Fsp3) is 0.471. The van der Waals surface area contributed by atoms with E-state index in [9.17, 15) is 0 Å². The molecule has 6 heteroatoms. The summed E-state index contributed by atoms with van der Waals surface area (Å²) >= 11 is 1.47. The van der Waals surface area contributed by atoms with Gasteiger partial charge in [0.1, 0.15) is 6.04 Å². The van der Waals surface area contributed by atoms with Crippen molar-refractivity contribution >= 4 is 11.8 Å². The van der Waals surface area contributed by atoms with Gasteiger partial charge in [0.05, 0.1) is 32.0 Å². The van der Waals surface area contributed by atoms with Crippen molar-refractivity contribution in [1.29, 1.82) is 5.26 Å². The maximum absolute atomic E-state index is 9.09. The number of nitriles is 1. The van der Waals surface area contributed by atoms with Gasteiger partial charge in [-0.2, -0.15) is 5.26 Å². The molecule has 1 aromatic carbocycles. The monoisotopic (exact) mass is 330 g/mol. The highest BCUT2D eigenvalue weighted by Crippen LogP contribution is 2.25. The second-order valence-electron chi connectivity index (χ2n) is 5.84. The van der Waals surface area contributed by atoms with Crippen molar-refractivity contribution < 1.29 is 4.90 Å². The van der Waals surface area contributed by atoms with Crippen LogP contribution in [-0.4, -0.2) is 34.1 Å². The molecule has 2 rings (SSSR count). The quantitative estimate of drug-likeness (QED) is 0.788. The zero-order valence-corrected chi connectivity index (χ0v) is 15.0. The molecular weight excluding hydrogens is 306 g/mol. The van der Waals surface area contributed by atoms with E-state index in [-0.39, 0.29) is 11.3 Å². The average Bonchev–Trinajstić information content (AvgIpc) is 2.91. The lowest BCUT2D eigenvalue weighted by Crippen LogP contribution is -3.06. The van der Waals surface area contributed by atoms with Gasteiger partial charge in [-0.3, -0.25) is 4.57 Å². The van der Waals surface area contributed by atoms with Crippen LogP contribution in [0, 0.1) is 11.3 Å². The second-order valence-corrected chi connectivity index (χ2v) is 7.15. The largest absolute Gasteiger partial charge is 0.331 e. The Bertz CT molecular complexity index is 659. The minimum atomic E-state index is -0.145. The molecule has 0 bridgehead atoms. The molecule has 122 valence electrons. The molecule has 2 aromatic rings. The van der Waals surface area contributed by atoms with Crippen LogP contribution in [0.5, 0.6) is 0 Å². The molecule has 0 saturated carbocycles. The summed E-state index contributed by atoms with van der Waals surface area (Å²) in [6, 6.07) is 12.9. The normalized spacial score (nSPS) is 13.7. The van der Waals surface area contributed by atoms with Gasteiger partial charge >= 0.3 is 0 Å². The Kier molecular flexibility index (Phi) is 6.20. The third-order valence-electron chi connectivity index (χ3n) is 3.81. The van der Waals surface area contributed by atoms with Crippen molar-refractivity contribution in [2.45, 2.75) is 43.3 Å². The SMILES string of the molecule is CC[C@@H](c1nnc(S[C@H](C)C#N)n1Cc1ccccc1)[NH+](C)C. The summed E-state index contributed by atoms with van der Waals surface area (Å²) in [6.07, 6.45) is 0.994. The molecule has 0 radical (unpaired) electrons. The second kappa shape index (κ2) is 8.14. The molecule has 1 heterocycles. The molecule has 5 nitrogen and oxygen atoms in total. The van der Waals surface area contributed by atoms with Crippen LogP contribution in [0.25, 0.3) is 0 Å². The van der Waals surface area contributed by atoms with Gasteiger partial charge in [0, 0.05) is 6.42 Å². The van der Waals surface area contributed by atoms with E-state index in [0.29, 0.717) is 0 Å². The van der Waals surface area contributed by atoms with Crippen molar-refractivity contribution in [2.24, 2.45) is 0 Å². The number of nitrogens with one attached hydrogen (secondary N) is 1. The Labute approximate surface area is 142 Å². The minimum absolute atomic E-state index is 0.145. The van der Waals surface area contributed by atoms with Crippen LogP contribution >= 0.6 is 11.8 Å². The first kappa shape index (κ1) is 17.5. The van der Waals surface area contributed by atoms with Crippen LogP contribution in [0.2, 0.25) is 0 Å². The third-order valence-corrected chi connectivity index (χ3v) is 4.78. The summed E-state index contributed by atoms with van der Waals surface area (Å²) in [6.45, 7) is 4.79. The Morgan fingerprint density at radius 2 is 1.96 bits per heavy atom. The van der Waals surface area contributed by atoms with Gasteiger partial charge in [0.25, 0.3) is 0 Å². The van der Waals surface area contributed by atoms with E-state index in [0.717, 1.165) is 23.9 Å². The van der Waals surface area contributed by atoms with Crippen LogP contribution in [0.4, 0.5) is 0 Å². The lowest BCUT2D eigenvalue weighted by Gasteiger charge is -2.20. The van der Waals surface area contributed by atoms with Crippen LogP contribution in [0.1, 0.15) is 37.7 Å². The van der Waals surface area contributed by atoms with Crippen molar-refractivity contribution in [3.63, 3.8) is 0 Å². The van der Waals surface area contributed by atoms with Gasteiger partial charge in [-0.05, 0) is 12.5 Å². The molecular formula is C17H24N5S+. The summed E-state index contributed by atoms with van der Waals surface area (Å²) in [4.78, 5) is 1.33. The maximum atomic E-state index is 9.09. The first-order valence-electron chi connectivity index (χ1n) is 7.90. The van der Waals surface area contributed by atoms with Crippen LogP contribution in [0.3, 0.4) is 0 Å². The highest BCUT2D eigenvalue weighted by atomic mass is 32.2. The number of thioether (sulfide) groups is 1. The van der Waals surface area contributed by atoms with Gasteiger partial charge in [-0.1, -0.05) is 49.0 Å². The molecule has 2 atom stereocenters. The van der Waals surface area contributed by atoms with E-state index >= 15 is 0 Å². The van der Waals surface area contributed by atoms with Crippen molar-refractivity contribution in [2.75, 3.05) is 14.1 Å². The zero-order chi connectivity index (χ0) is 16.8. The number of rotatable bonds is 7. The lowest BCUT2D eigenvalue weighted by molar-refractivity contribution is -0.893. The molecule has 0 amide bonds. The Hall–Kier alpha value is -1.84. The molecule has 0 aliphatic carbocycles. The van der Waals surface area contributed by atoms with Crippen molar-refractivity contribution in [3.05, 3.63) is 41.7 Å². The smallest absolute Gasteiger partial charge is 0.192 e. The summed E-state index contributed by atoms with van der Waals surface area (Å²) in [7, 11) is 4.28. The Morgan fingerprint density at radius 3 is 2.52 bits per heavy atom. The van der Waals surface area contributed by atoms with Gasteiger partial charge in [-0.15, -0.1) is 10.2 Å². The molecule has 0 saturated heterocycles. The van der Waals surface area contributed by atoms with Crippen LogP contribution in [-0.2, 0) is 6.54 Å². The van der Waals surface area contributed by atoms with E-state index in [4.69, 9.17) is 5.26 Å². The topological polar surface area (TPSA) is 58.9 Å². The first-order chi connectivity index (χ1) is 11.1. The number of benzene rings is 1. The van der Waals surface area contributed by atoms with Gasteiger partial charge in [0.15, 0.2) is 11.0 Å². The zero-order valence-electron chi connectivity index (χ0n) is 14.2. The molecule has 0 aliphatic rings. The maximum Gasteiger partial charge on any atom is 0.192 e. The van der Waals surface area contributed by atoms with Crippen molar-refractivity contribution in [1.82, 2.24) is 14.8 Å². The number of quaternary nitrogens is 1. The van der Waals surface area contributed by atoms with E-state index in [2.05, 4.69) is 54.0 Å². The molecule has 0 spiro atoms. The average molecular weight is 330 g/mol. The Balaban J connectivity index is 2.40. The van der Waals surface area contributed by atoms with Crippen LogP contribution in [0.15, 0.2) is 35.5 Å². The molecule has 1 N–H and O–H groups in total. The number of hydrogen-bond acceptors (Lipinski definition) is 4. The summed E-state index contributed by atoms with van der Waals surface area (Å²) in [5, 5.41) is 18.6. The fourth-order valence-corrected chi connectivity index (χ4v) is 3.34. The highest BCUT2D eigenvalue weighted by molar-refractivity contribution is 8.00. The van der Waals surface area contributed by atoms with E-state index in [1.807, 2.05) is 25.1 Å². The molecule has 1 aromatic heterocycles. The first-order valence-corrected chi connectivity index (χ1v) is 8.78. The molecule has 0 fully saturated rings. The molecule has 0 unspecified atom stereocenters. The lowest BCUT2D eigenvalue weighted by atomic mass is 10.2. The van der Waals surface area contributed by atoms with E-state index in [1.54, 1.807) is 0 Å². The van der Waals surface area contributed by atoms with E-state index in [1.165, 1.54) is 22.2 Å². The predicted octanol–water partition coefficient (Wildman–Crippen LogP) is 1.93. The standard InChI is InChI=1S/C17H23N5S/c1-5-15(21(3)4)16-19-20-17(23-13(2)11-18)22(16)12-14-9-7-6-8-10-14/h6-10,13,15H,5,12H2,1-4H3/p+1/t13-,15+/m1/s1.